The molecule has 0 saturated carbocycles. The van der Waals surface area contributed by atoms with Gasteiger partial charge in [0.05, 0.1) is 10.7 Å². The van der Waals surface area contributed by atoms with Crippen LogP contribution in [0.15, 0.2) is 65.5 Å². The molecule has 0 radical (unpaired) electrons. The third-order valence-corrected chi connectivity index (χ3v) is 4.19. The lowest BCUT2D eigenvalue weighted by atomic mass is 10.3. The first-order valence-corrected chi connectivity index (χ1v) is 8.87. The molecule has 0 aliphatic heterocycles. The van der Waals surface area contributed by atoms with Crippen molar-refractivity contribution >= 4 is 46.4 Å². The van der Waals surface area contributed by atoms with Gasteiger partial charge < -0.3 is 10.6 Å². The molecular weight excluding hydrogens is 403 g/mol. The van der Waals surface area contributed by atoms with Crippen LogP contribution in [0.4, 0.5) is 11.4 Å². The highest BCUT2D eigenvalue weighted by atomic mass is 35.5. The van der Waals surface area contributed by atoms with E-state index in [1.165, 1.54) is 18.2 Å². The smallest absolute Gasteiger partial charge is 0.276 e. The van der Waals surface area contributed by atoms with E-state index in [4.69, 9.17) is 23.2 Å². The van der Waals surface area contributed by atoms with Crippen LogP contribution in [0.25, 0.3) is 0 Å². The highest BCUT2D eigenvalue weighted by Crippen LogP contribution is 2.25. The van der Waals surface area contributed by atoms with Gasteiger partial charge in [-0.15, -0.1) is 0 Å². The van der Waals surface area contributed by atoms with E-state index in [-0.39, 0.29) is 5.69 Å². The molecule has 142 valence electrons. The number of hydrogen-bond acceptors (Lipinski definition) is 4. The Hall–Kier alpha value is -3.16. The molecule has 0 aliphatic rings. The number of aromatic nitrogens is 2. The third-order valence-electron chi connectivity index (χ3n) is 3.63. The number of hydrogen-bond donors (Lipinski definition) is 2. The maximum atomic E-state index is 12.3. The zero-order valence-electron chi connectivity index (χ0n) is 14.4. The van der Waals surface area contributed by atoms with Gasteiger partial charge in [0, 0.05) is 16.8 Å². The summed E-state index contributed by atoms with van der Waals surface area (Å²) >= 11 is 11.9. The number of benzene rings is 2. The summed E-state index contributed by atoms with van der Waals surface area (Å²) in [5, 5.41) is 9.88. The van der Waals surface area contributed by atoms with Gasteiger partial charge >= 0.3 is 0 Å². The van der Waals surface area contributed by atoms with Gasteiger partial charge in [0.15, 0.2) is 0 Å². The van der Waals surface area contributed by atoms with Crippen LogP contribution in [0, 0.1) is 0 Å². The van der Waals surface area contributed by atoms with Crippen molar-refractivity contribution in [2.75, 3.05) is 10.6 Å². The Labute approximate surface area is 169 Å². The summed E-state index contributed by atoms with van der Waals surface area (Å²) in [5.41, 5.74) is 0.367. The number of halogens is 2. The zero-order valence-corrected chi connectivity index (χ0v) is 15.9. The predicted molar refractivity (Wildman–Crippen MR) is 108 cm³/mol. The Morgan fingerprint density at radius 2 is 1.71 bits per heavy atom. The average Bonchev–Trinajstić information content (AvgIpc) is 2.67. The first-order chi connectivity index (χ1) is 13.4. The quantitative estimate of drug-likeness (QED) is 0.665. The molecule has 0 unspecified atom stereocenters. The fraction of sp³-hybridized carbons (Fsp3) is 0.0526. The summed E-state index contributed by atoms with van der Waals surface area (Å²) in [7, 11) is 0. The predicted octanol–water partition coefficient (Wildman–Crippen LogP) is 3.44. The number of nitrogens with zero attached hydrogens (tertiary/aromatic N) is 2. The van der Waals surface area contributed by atoms with Crippen LogP contribution in [0.2, 0.25) is 10.0 Å². The second kappa shape index (κ2) is 8.69. The molecule has 2 aromatic carbocycles. The van der Waals surface area contributed by atoms with Crippen molar-refractivity contribution < 1.29 is 9.59 Å². The summed E-state index contributed by atoms with van der Waals surface area (Å²) in [6.07, 6.45) is 0. The van der Waals surface area contributed by atoms with E-state index in [2.05, 4.69) is 15.7 Å². The Balaban J connectivity index is 1.74. The number of rotatable bonds is 5. The summed E-state index contributed by atoms with van der Waals surface area (Å²) in [6, 6.07) is 15.9. The Kier molecular flexibility index (Phi) is 6.08. The van der Waals surface area contributed by atoms with E-state index in [1.807, 2.05) is 6.07 Å². The van der Waals surface area contributed by atoms with E-state index in [0.717, 1.165) is 4.68 Å². The molecule has 0 spiro atoms. The molecule has 28 heavy (non-hydrogen) atoms. The van der Waals surface area contributed by atoms with Crippen molar-refractivity contribution in [2.45, 2.75) is 6.54 Å². The largest absolute Gasteiger partial charge is 0.323 e. The van der Waals surface area contributed by atoms with E-state index in [9.17, 15) is 14.4 Å². The van der Waals surface area contributed by atoms with Gasteiger partial charge in [-0.3, -0.25) is 14.4 Å². The number of nitrogens with one attached hydrogen (secondary N) is 2. The van der Waals surface area contributed by atoms with Gasteiger partial charge in [-0.2, -0.15) is 5.10 Å². The van der Waals surface area contributed by atoms with Crippen molar-refractivity contribution in [1.29, 1.82) is 0 Å². The number of amides is 2. The van der Waals surface area contributed by atoms with Crippen LogP contribution >= 0.6 is 23.2 Å². The van der Waals surface area contributed by atoms with Crippen LogP contribution in [0.5, 0.6) is 0 Å². The van der Waals surface area contributed by atoms with Crippen molar-refractivity contribution in [2.24, 2.45) is 0 Å². The third kappa shape index (κ3) is 4.97. The molecule has 3 aromatic rings. The Bertz CT molecular complexity index is 1080. The number of anilines is 2. The SMILES string of the molecule is O=C(Cn1nc(C(=O)Nc2ccccc2)ccc1=O)Nc1cc(Cl)ccc1Cl. The van der Waals surface area contributed by atoms with E-state index >= 15 is 0 Å². The lowest BCUT2D eigenvalue weighted by Crippen LogP contribution is -2.31. The minimum atomic E-state index is -0.542. The molecule has 2 amide bonds. The van der Waals surface area contributed by atoms with Crippen molar-refractivity contribution in [3.05, 3.63) is 86.8 Å². The molecule has 1 heterocycles. The molecule has 0 saturated heterocycles. The van der Waals surface area contributed by atoms with E-state index in [0.29, 0.717) is 21.4 Å². The maximum absolute atomic E-state index is 12.3. The summed E-state index contributed by atoms with van der Waals surface area (Å²) in [6.45, 7) is -0.395. The van der Waals surface area contributed by atoms with Gasteiger partial charge in [-0.1, -0.05) is 41.4 Å². The normalized spacial score (nSPS) is 10.4. The number of carbonyl (C=O) groups excluding carboxylic acids is 2. The summed E-state index contributed by atoms with van der Waals surface area (Å²) in [4.78, 5) is 36.6. The number of carbonyl (C=O) groups is 2. The molecule has 0 fully saturated rings. The molecule has 0 aliphatic carbocycles. The maximum Gasteiger partial charge on any atom is 0.276 e. The lowest BCUT2D eigenvalue weighted by Gasteiger charge is -2.10. The molecular formula is C19H14Cl2N4O3. The first kappa shape index (κ1) is 19.6. The highest BCUT2D eigenvalue weighted by Gasteiger charge is 2.13. The van der Waals surface area contributed by atoms with Gasteiger partial charge in [0.1, 0.15) is 12.2 Å². The minimum Gasteiger partial charge on any atom is -0.323 e. The standard InChI is InChI=1S/C19H14Cl2N4O3/c20-12-6-7-14(21)16(10-12)23-17(26)11-25-18(27)9-8-15(24-25)19(28)22-13-4-2-1-3-5-13/h1-10H,11H2,(H,22,28)(H,23,26). The van der Waals surface area contributed by atoms with Gasteiger partial charge in [0.2, 0.25) is 5.91 Å². The van der Waals surface area contributed by atoms with Crippen molar-refractivity contribution in [3.63, 3.8) is 0 Å². The number of para-hydroxylation sites is 1. The van der Waals surface area contributed by atoms with Crippen LogP contribution in [-0.2, 0) is 11.3 Å². The molecule has 9 heteroatoms. The Morgan fingerprint density at radius 1 is 0.964 bits per heavy atom. The van der Waals surface area contributed by atoms with Gasteiger partial charge in [0.25, 0.3) is 11.5 Å². The molecule has 0 bridgehead atoms. The van der Waals surface area contributed by atoms with Gasteiger partial charge in [-0.25, -0.2) is 4.68 Å². The second-order valence-corrected chi connectivity index (χ2v) is 6.55. The van der Waals surface area contributed by atoms with Crippen LogP contribution in [0.3, 0.4) is 0 Å². The minimum absolute atomic E-state index is 0.00274. The summed E-state index contributed by atoms with van der Waals surface area (Å²) < 4.78 is 0.897. The summed E-state index contributed by atoms with van der Waals surface area (Å²) in [5.74, 6) is -1.04. The monoisotopic (exact) mass is 416 g/mol. The molecule has 3 rings (SSSR count). The molecule has 1 aromatic heterocycles. The van der Waals surface area contributed by atoms with E-state index in [1.54, 1.807) is 36.4 Å². The van der Waals surface area contributed by atoms with Crippen LogP contribution in [-0.4, -0.2) is 21.6 Å². The fourth-order valence-corrected chi connectivity index (χ4v) is 2.66. The Morgan fingerprint density at radius 3 is 2.46 bits per heavy atom. The van der Waals surface area contributed by atoms with E-state index < -0.39 is 23.9 Å². The first-order valence-electron chi connectivity index (χ1n) is 8.12. The second-order valence-electron chi connectivity index (χ2n) is 5.71. The molecule has 0 atom stereocenters. The average molecular weight is 417 g/mol. The van der Waals surface area contributed by atoms with Crippen molar-refractivity contribution in [1.82, 2.24) is 9.78 Å². The topological polar surface area (TPSA) is 93.1 Å². The lowest BCUT2D eigenvalue weighted by molar-refractivity contribution is -0.117. The van der Waals surface area contributed by atoms with Crippen LogP contribution in [0.1, 0.15) is 10.5 Å². The zero-order chi connectivity index (χ0) is 20.1. The highest BCUT2D eigenvalue weighted by molar-refractivity contribution is 6.35. The molecule has 2 N–H and O–H groups in total. The molecule has 7 nitrogen and oxygen atoms in total. The van der Waals surface area contributed by atoms with Gasteiger partial charge in [-0.05, 0) is 36.4 Å². The van der Waals surface area contributed by atoms with Crippen LogP contribution < -0.4 is 16.2 Å². The fourth-order valence-electron chi connectivity index (χ4n) is 2.32. The van der Waals surface area contributed by atoms with Crippen molar-refractivity contribution in [3.8, 4) is 0 Å².